The zero-order chi connectivity index (χ0) is 14.8. The van der Waals surface area contributed by atoms with E-state index in [4.69, 9.17) is 8.85 Å². The number of hydrogen-bond donors (Lipinski definition) is 0. The molecule has 19 heavy (non-hydrogen) atoms. The van der Waals surface area contributed by atoms with Crippen LogP contribution >= 0.6 is 0 Å². The van der Waals surface area contributed by atoms with Crippen molar-refractivity contribution in [3.8, 4) is 0 Å². The maximum absolute atomic E-state index is 6.53. The predicted octanol–water partition coefficient (Wildman–Crippen LogP) is 4.88. The number of hydrogen-bond acceptors (Lipinski definition) is 2. The zero-order valence-electron chi connectivity index (χ0n) is 14.2. The van der Waals surface area contributed by atoms with Gasteiger partial charge in [-0.1, -0.05) is 26.7 Å². The van der Waals surface area contributed by atoms with Crippen molar-refractivity contribution < 1.29 is 8.85 Å². The molecule has 0 saturated heterocycles. The molecule has 0 heterocycles. The van der Waals surface area contributed by atoms with E-state index in [1.165, 1.54) is 19.3 Å². The van der Waals surface area contributed by atoms with Crippen LogP contribution in [0.4, 0.5) is 0 Å². The minimum atomic E-state index is -1.50. The van der Waals surface area contributed by atoms with Crippen molar-refractivity contribution in [3.63, 3.8) is 0 Å². The van der Waals surface area contributed by atoms with Gasteiger partial charge >= 0.3 is 0 Å². The highest BCUT2D eigenvalue weighted by Crippen LogP contribution is 2.42. The highest BCUT2D eigenvalue weighted by Gasteiger charge is 2.45. The molecule has 1 rings (SSSR count). The minimum absolute atomic E-state index is 0.341. The van der Waals surface area contributed by atoms with Crippen LogP contribution in [0.5, 0.6) is 0 Å². The van der Waals surface area contributed by atoms with E-state index in [0.717, 1.165) is 5.92 Å². The normalized spacial score (nSPS) is 32.8. The Morgan fingerprint density at radius 3 is 1.74 bits per heavy atom. The van der Waals surface area contributed by atoms with E-state index < -0.39 is 16.6 Å². The lowest BCUT2D eigenvalue weighted by Gasteiger charge is -2.34. The topological polar surface area (TPSA) is 18.5 Å². The van der Waals surface area contributed by atoms with Gasteiger partial charge in [0.1, 0.15) is 0 Å². The Morgan fingerprint density at radius 1 is 0.842 bits per heavy atom. The van der Waals surface area contributed by atoms with E-state index in [1.807, 2.05) is 0 Å². The second-order valence-electron chi connectivity index (χ2n) is 7.94. The molecule has 4 unspecified atom stereocenters. The lowest BCUT2D eigenvalue weighted by Crippen LogP contribution is -2.44. The molecule has 0 aromatic rings. The summed E-state index contributed by atoms with van der Waals surface area (Å²) in [4.78, 5) is 0. The van der Waals surface area contributed by atoms with Crippen LogP contribution in [0.25, 0.3) is 0 Å². The first-order valence-electron chi connectivity index (χ1n) is 7.93. The summed E-state index contributed by atoms with van der Waals surface area (Å²) < 4.78 is 13.0. The van der Waals surface area contributed by atoms with Crippen molar-refractivity contribution in [3.05, 3.63) is 0 Å². The van der Waals surface area contributed by atoms with Crippen LogP contribution in [0.2, 0.25) is 39.3 Å². The van der Waals surface area contributed by atoms with E-state index in [0.29, 0.717) is 18.1 Å². The summed E-state index contributed by atoms with van der Waals surface area (Å²) in [6.07, 6.45) is 4.37. The Hall–Kier alpha value is 0.354. The van der Waals surface area contributed by atoms with Crippen molar-refractivity contribution in [2.24, 2.45) is 11.8 Å². The Balaban J connectivity index is 2.87. The molecule has 0 aromatic carbocycles. The molecule has 0 spiro atoms. The molecule has 1 saturated carbocycles. The Bertz CT molecular complexity index is 281. The van der Waals surface area contributed by atoms with Crippen LogP contribution in [0.1, 0.15) is 33.1 Å². The SMILES string of the molecule is CCC1CC(O[Si](C)(C)C)C(O[Si](C)(C)C)C1CC. The fourth-order valence-electron chi connectivity index (χ4n) is 3.33. The fourth-order valence-corrected chi connectivity index (χ4v) is 5.61. The summed E-state index contributed by atoms with van der Waals surface area (Å²) in [5, 5.41) is 0. The summed E-state index contributed by atoms with van der Waals surface area (Å²) in [6.45, 7) is 18.4. The molecule has 4 atom stereocenters. The third kappa shape index (κ3) is 5.33. The predicted molar refractivity (Wildman–Crippen MR) is 88.6 cm³/mol. The van der Waals surface area contributed by atoms with Gasteiger partial charge in [0, 0.05) is 0 Å². The van der Waals surface area contributed by atoms with E-state index in [1.54, 1.807) is 0 Å². The third-order valence-corrected chi connectivity index (χ3v) is 5.91. The van der Waals surface area contributed by atoms with E-state index in [-0.39, 0.29) is 0 Å². The van der Waals surface area contributed by atoms with Gasteiger partial charge in [-0.05, 0) is 57.5 Å². The van der Waals surface area contributed by atoms with Crippen molar-refractivity contribution in [1.82, 2.24) is 0 Å². The fraction of sp³-hybridized carbons (Fsp3) is 1.00. The summed E-state index contributed by atoms with van der Waals surface area (Å²) >= 11 is 0. The molecular formula is C15H34O2Si2. The van der Waals surface area contributed by atoms with E-state index in [2.05, 4.69) is 53.1 Å². The lowest BCUT2D eigenvalue weighted by molar-refractivity contribution is 0.0411. The largest absolute Gasteiger partial charge is 0.412 e. The first-order valence-corrected chi connectivity index (χ1v) is 14.7. The zero-order valence-corrected chi connectivity index (χ0v) is 16.2. The molecule has 1 aliphatic rings. The van der Waals surface area contributed by atoms with Crippen LogP contribution in [-0.4, -0.2) is 28.8 Å². The molecule has 0 aliphatic heterocycles. The molecule has 1 aliphatic carbocycles. The Morgan fingerprint density at radius 2 is 1.37 bits per heavy atom. The van der Waals surface area contributed by atoms with Gasteiger partial charge in [-0.3, -0.25) is 0 Å². The maximum Gasteiger partial charge on any atom is 0.184 e. The second kappa shape index (κ2) is 6.41. The Labute approximate surface area is 122 Å². The molecule has 4 heteroatoms. The molecule has 0 bridgehead atoms. The second-order valence-corrected chi connectivity index (χ2v) is 16.9. The number of rotatable bonds is 6. The van der Waals surface area contributed by atoms with Crippen molar-refractivity contribution in [2.45, 2.75) is 84.6 Å². The van der Waals surface area contributed by atoms with Gasteiger partial charge in [-0.2, -0.15) is 0 Å². The molecule has 0 N–H and O–H groups in total. The molecule has 114 valence electrons. The smallest absolute Gasteiger partial charge is 0.184 e. The van der Waals surface area contributed by atoms with Gasteiger partial charge < -0.3 is 8.85 Å². The molecule has 2 nitrogen and oxygen atoms in total. The lowest BCUT2D eigenvalue weighted by atomic mass is 9.90. The minimum Gasteiger partial charge on any atom is -0.412 e. The average Bonchev–Trinajstić information content (AvgIpc) is 2.51. The first kappa shape index (κ1) is 17.4. The van der Waals surface area contributed by atoms with Gasteiger partial charge in [-0.25, -0.2) is 0 Å². The summed E-state index contributed by atoms with van der Waals surface area (Å²) in [6, 6.07) is 0. The van der Waals surface area contributed by atoms with Gasteiger partial charge in [0.2, 0.25) is 0 Å². The highest BCUT2D eigenvalue weighted by molar-refractivity contribution is 6.70. The van der Waals surface area contributed by atoms with Gasteiger partial charge in [0.15, 0.2) is 16.6 Å². The average molecular weight is 303 g/mol. The third-order valence-electron chi connectivity index (χ3n) is 3.92. The highest BCUT2D eigenvalue weighted by atomic mass is 28.4. The van der Waals surface area contributed by atoms with Crippen molar-refractivity contribution in [2.75, 3.05) is 0 Å². The summed E-state index contributed by atoms with van der Waals surface area (Å²) in [7, 11) is -2.99. The summed E-state index contributed by atoms with van der Waals surface area (Å²) in [5.41, 5.74) is 0. The standard InChI is InChI=1S/C15H34O2Si2/c1-9-12-11-14(16-18(3,4)5)15(13(12)10-2)17-19(6,7)8/h12-15H,9-11H2,1-8H3. The van der Waals surface area contributed by atoms with E-state index >= 15 is 0 Å². The van der Waals surface area contributed by atoms with Gasteiger partial charge in [-0.15, -0.1) is 0 Å². The molecular weight excluding hydrogens is 268 g/mol. The van der Waals surface area contributed by atoms with Crippen molar-refractivity contribution in [1.29, 1.82) is 0 Å². The first-order chi connectivity index (χ1) is 8.57. The monoisotopic (exact) mass is 302 g/mol. The molecule has 0 amide bonds. The molecule has 1 fully saturated rings. The maximum atomic E-state index is 6.53. The Kier molecular flexibility index (Phi) is 5.88. The molecule has 0 aromatic heterocycles. The van der Waals surface area contributed by atoms with Crippen LogP contribution in [0.3, 0.4) is 0 Å². The van der Waals surface area contributed by atoms with Gasteiger partial charge in [0.05, 0.1) is 12.2 Å². The summed E-state index contributed by atoms with van der Waals surface area (Å²) in [5.74, 6) is 1.48. The quantitative estimate of drug-likeness (QED) is 0.651. The van der Waals surface area contributed by atoms with Crippen LogP contribution in [0, 0.1) is 11.8 Å². The van der Waals surface area contributed by atoms with Crippen LogP contribution in [0.15, 0.2) is 0 Å². The van der Waals surface area contributed by atoms with Gasteiger partial charge in [0.25, 0.3) is 0 Å². The van der Waals surface area contributed by atoms with Crippen LogP contribution in [-0.2, 0) is 8.85 Å². The van der Waals surface area contributed by atoms with E-state index in [9.17, 15) is 0 Å². The van der Waals surface area contributed by atoms with Crippen LogP contribution < -0.4 is 0 Å². The van der Waals surface area contributed by atoms with Crippen molar-refractivity contribution >= 4 is 16.6 Å². The molecule has 0 radical (unpaired) electrons.